The summed E-state index contributed by atoms with van der Waals surface area (Å²) in [4.78, 5) is 0. The molecule has 1 heterocycles. The summed E-state index contributed by atoms with van der Waals surface area (Å²) in [5.41, 5.74) is 7.65. The second kappa shape index (κ2) is 11.4. The van der Waals surface area contributed by atoms with Crippen LogP contribution in [0.5, 0.6) is 0 Å². The first-order valence-electron chi connectivity index (χ1n) is 12.1. The van der Waals surface area contributed by atoms with Crippen LogP contribution >= 0.6 is 0 Å². The van der Waals surface area contributed by atoms with Crippen molar-refractivity contribution in [3.05, 3.63) is 11.6 Å². The normalized spacial score (nSPS) is 23.2. The van der Waals surface area contributed by atoms with Gasteiger partial charge in [0.25, 0.3) is 0 Å². The molecule has 0 fully saturated rings. The highest BCUT2D eigenvalue weighted by molar-refractivity contribution is 6.84. The molecule has 1 N–H and O–H groups in total. The van der Waals surface area contributed by atoms with Gasteiger partial charge >= 0.3 is 0 Å². The Morgan fingerprint density at radius 2 is 1.55 bits per heavy atom. The van der Waals surface area contributed by atoms with Gasteiger partial charge < -0.3 is 19.0 Å². The molecule has 4 nitrogen and oxygen atoms in total. The Labute approximate surface area is 207 Å². The molecule has 4 atom stereocenters. The number of aliphatic hydroxyl groups is 1. The molecule has 0 saturated carbocycles. The van der Waals surface area contributed by atoms with Gasteiger partial charge in [0.15, 0.2) is 14.6 Å². The lowest BCUT2D eigenvalue weighted by Crippen LogP contribution is -2.48. The molecule has 0 radical (unpaired) electrons. The molecule has 0 amide bonds. The largest absolute Gasteiger partial charge is 0.414 e. The monoisotopic (exact) mass is 508 g/mol. The van der Waals surface area contributed by atoms with Crippen LogP contribution in [0.1, 0.15) is 34.6 Å². The van der Waals surface area contributed by atoms with Crippen LogP contribution in [-0.4, -0.2) is 60.8 Å². The number of hydrogen-bond acceptors (Lipinski definition) is 4. The van der Waals surface area contributed by atoms with E-state index in [-0.39, 0.29) is 23.2 Å². The van der Waals surface area contributed by atoms with Gasteiger partial charge in [-0.3, -0.25) is 0 Å². The lowest BCUT2D eigenvalue weighted by atomic mass is 9.86. The molecular weight excluding hydrogens is 461 g/mol. The minimum atomic E-state index is -2.01. The first-order valence-corrected chi connectivity index (χ1v) is 22.0. The van der Waals surface area contributed by atoms with Crippen molar-refractivity contribution >= 4 is 24.5 Å². The molecule has 7 heteroatoms. The fourth-order valence-corrected chi connectivity index (χ4v) is 5.00. The number of rotatable bonds is 6. The van der Waals surface area contributed by atoms with Gasteiger partial charge in [-0.25, -0.2) is 0 Å². The summed E-state index contributed by atoms with van der Waals surface area (Å²) in [5.74, 6) is 6.17. The molecule has 1 aliphatic rings. The molecule has 0 bridgehead atoms. The molecule has 0 aromatic carbocycles. The Hall–Kier alpha value is -0.649. The summed E-state index contributed by atoms with van der Waals surface area (Å²) in [5, 5.41) is 11.3. The van der Waals surface area contributed by atoms with Gasteiger partial charge in [0, 0.05) is 5.57 Å². The Kier molecular flexibility index (Phi) is 10.5. The molecule has 33 heavy (non-hydrogen) atoms. The maximum Gasteiger partial charge on any atom is 0.192 e. The van der Waals surface area contributed by atoms with Crippen molar-refractivity contribution < 1.29 is 19.0 Å². The Morgan fingerprint density at radius 1 is 1.00 bits per heavy atom. The third-order valence-corrected chi connectivity index (χ3v) is 12.0. The fourth-order valence-electron chi connectivity index (χ4n) is 2.88. The van der Waals surface area contributed by atoms with E-state index >= 15 is 0 Å². The number of hydrogen-bond donors (Lipinski definition) is 1. The fraction of sp³-hybridized carbons (Fsp3) is 0.769. The van der Waals surface area contributed by atoms with Gasteiger partial charge in [0.05, 0.1) is 24.7 Å². The minimum Gasteiger partial charge on any atom is -0.414 e. The second-order valence-electron chi connectivity index (χ2n) is 12.9. The summed E-state index contributed by atoms with van der Waals surface area (Å²) >= 11 is 0. The summed E-state index contributed by atoms with van der Waals surface area (Å²) < 4.78 is 18.9. The number of ether oxygens (including phenoxy) is 2. The Bertz CT molecular complexity index is 805. The highest BCUT2D eigenvalue weighted by Crippen LogP contribution is 2.38. The van der Waals surface area contributed by atoms with E-state index in [1.54, 1.807) is 0 Å². The second-order valence-corrected chi connectivity index (χ2v) is 27.2. The standard InChI is InChI=1S/C26H48O4Si3/c1-20(2)29-24-18-21(14-16-31(6,7)8)25(22(27)15-17-32(9,10)11)23(30-24)19-28-33(12,13)26(3,4)5/h18,20,22-25,27H,19H2,1-13H3/t22-,23+,24-,25+/m0/s1. The highest BCUT2D eigenvalue weighted by Gasteiger charge is 2.42. The Morgan fingerprint density at radius 3 is 2.00 bits per heavy atom. The first kappa shape index (κ1) is 30.4. The molecule has 1 aliphatic heterocycles. The first-order chi connectivity index (χ1) is 14.7. The maximum absolute atomic E-state index is 11.3. The molecule has 0 aliphatic carbocycles. The van der Waals surface area contributed by atoms with Crippen molar-refractivity contribution in [1.82, 2.24) is 0 Å². The lowest BCUT2D eigenvalue weighted by molar-refractivity contribution is -0.189. The Balaban J connectivity index is 3.46. The van der Waals surface area contributed by atoms with Gasteiger partial charge in [-0.1, -0.05) is 71.9 Å². The average molecular weight is 509 g/mol. The van der Waals surface area contributed by atoms with Gasteiger partial charge in [-0.15, -0.1) is 11.1 Å². The van der Waals surface area contributed by atoms with Gasteiger partial charge in [0.1, 0.15) is 22.3 Å². The van der Waals surface area contributed by atoms with E-state index in [9.17, 15) is 5.11 Å². The van der Waals surface area contributed by atoms with Gasteiger partial charge in [-0.05, 0) is 38.1 Å². The van der Waals surface area contributed by atoms with Crippen LogP contribution in [0.2, 0.25) is 57.4 Å². The quantitative estimate of drug-likeness (QED) is 0.362. The van der Waals surface area contributed by atoms with Crippen LogP contribution in [0.3, 0.4) is 0 Å². The molecule has 188 valence electrons. The molecular formula is C26H48O4Si3. The highest BCUT2D eigenvalue weighted by atomic mass is 28.4. The summed E-state index contributed by atoms with van der Waals surface area (Å²) in [6, 6.07) is 0. The number of aliphatic hydroxyl groups excluding tert-OH is 1. The van der Waals surface area contributed by atoms with Crippen LogP contribution in [0.15, 0.2) is 11.6 Å². The van der Waals surface area contributed by atoms with E-state index in [1.165, 1.54) is 0 Å². The maximum atomic E-state index is 11.3. The van der Waals surface area contributed by atoms with E-state index in [2.05, 4.69) is 96.1 Å². The van der Waals surface area contributed by atoms with E-state index in [4.69, 9.17) is 13.9 Å². The van der Waals surface area contributed by atoms with E-state index < -0.39 is 36.9 Å². The average Bonchev–Trinajstić information content (AvgIpc) is 2.60. The molecule has 0 spiro atoms. The van der Waals surface area contributed by atoms with Crippen LogP contribution < -0.4 is 0 Å². The molecule has 0 saturated heterocycles. The van der Waals surface area contributed by atoms with Crippen molar-refractivity contribution in [3.8, 4) is 22.9 Å². The van der Waals surface area contributed by atoms with Crippen LogP contribution in [0.25, 0.3) is 0 Å². The van der Waals surface area contributed by atoms with Gasteiger partial charge in [0.2, 0.25) is 0 Å². The molecule has 0 aromatic heterocycles. The predicted molar refractivity (Wildman–Crippen MR) is 148 cm³/mol. The van der Waals surface area contributed by atoms with E-state index in [0.29, 0.717) is 6.61 Å². The van der Waals surface area contributed by atoms with Gasteiger partial charge in [-0.2, -0.15) is 0 Å². The topological polar surface area (TPSA) is 47.9 Å². The smallest absolute Gasteiger partial charge is 0.192 e. The van der Waals surface area contributed by atoms with Crippen molar-refractivity contribution in [1.29, 1.82) is 0 Å². The molecule has 0 aromatic rings. The van der Waals surface area contributed by atoms with Crippen molar-refractivity contribution in [2.75, 3.05) is 6.61 Å². The summed E-state index contributed by atoms with van der Waals surface area (Å²) in [6.07, 6.45) is 0.168. The lowest BCUT2D eigenvalue weighted by Gasteiger charge is -2.41. The third kappa shape index (κ3) is 10.7. The predicted octanol–water partition coefficient (Wildman–Crippen LogP) is 5.82. The summed E-state index contributed by atoms with van der Waals surface area (Å²) in [7, 11) is -5.27. The SMILES string of the molecule is CC(C)O[C@@H]1C=C(C#C[Si](C)(C)C)[C@H]([C@@H](O)C#C[Si](C)(C)C)[C@@H](CO[Si](C)(C)C(C)(C)C)O1. The zero-order chi connectivity index (χ0) is 25.8. The van der Waals surface area contributed by atoms with E-state index in [1.807, 2.05) is 19.9 Å². The summed E-state index contributed by atoms with van der Waals surface area (Å²) in [6.45, 7) is 28.7. The van der Waals surface area contributed by atoms with Crippen LogP contribution in [0.4, 0.5) is 0 Å². The van der Waals surface area contributed by atoms with Crippen LogP contribution in [0, 0.1) is 28.8 Å². The van der Waals surface area contributed by atoms with Crippen molar-refractivity contribution in [2.24, 2.45) is 5.92 Å². The van der Waals surface area contributed by atoms with Crippen molar-refractivity contribution in [3.63, 3.8) is 0 Å². The van der Waals surface area contributed by atoms with Crippen molar-refractivity contribution in [2.45, 2.75) is 117 Å². The van der Waals surface area contributed by atoms with Crippen LogP contribution in [-0.2, 0) is 13.9 Å². The van der Waals surface area contributed by atoms with E-state index in [0.717, 1.165) is 5.57 Å². The zero-order valence-electron chi connectivity index (χ0n) is 23.3. The molecule has 1 rings (SSSR count). The third-order valence-electron chi connectivity index (χ3n) is 5.72. The molecule has 0 unspecified atom stereocenters. The zero-order valence-corrected chi connectivity index (χ0v) is 26.3. The minimum absolute atomic E-state index is 0.00701.